The van der Waals surface area contributed by atoms with E-state index in [9.17, 15) is 4.79 Å². The Labute approximate surface area is 173 Å². The number of rotatable bonds is 5. The summed E-state index contributed by atoms with van der Waals surface area (Å²) in [5.41, 5.74) is 4.50. The zero-order valence-electron chi connectivity index (χ0n) is 17.3. The molecule has 4 rings (SSSR count). The van der Waals surface area contributed by atoms with E-state index in [1.165, 1.54) is 16.7 Å². The summed E-state index contributed by atoms with van der Waals surface area (Å²) in [5.74, 6) is 0.125. The molecule has 0 aromatic heterocycles. The molecule has 1 unspecified atom stereocenters. The number of hydrogen-bond donors (Lipinski definition) is 1. The second kappa shape index (κ2) is 9.53. The molecule has 5 nitrogen and oxygen atoms in total. The molecule has 0 bridgehead atoms. The maximum atomic E-state index is 13.4. The summed E-state index contributed by atoms with van der Waals surface area (Å²) in [5, 5.41) is 3.45. The summed E-state index contributed by atoms with van der Waals surface area (Å²) in [7, 11) is 0. The van der Waals surface area contributed by atoms with Crippen LogP contribution in [0, 0.1) is 0 Å². The molecule has 1 N–H and O–H groups in total. The van der Waals surface area contributed by atoms with E-state index >= 15 is 0 Å². The average Bonchev–Trinajstić information content (AvgIpc) is 2.79. The zero-order chi connectivity index (χ0) is 20.1. The molecule has 1 atom stereocenters. The number of hydrogen-bond acceptors (Lipinski definition) is 4. The van der Waals surface area contributed by atoms with Crippen LogP contribution in [0.1, 0.15) is 40.0 Å². The first kappa shape index (κ1) is 20.1. The molecule has 2 aliphatic heterocycles. The molecule has 1 amide bonds. The van der Waals surface area contributed by atoms with Crippen molar-refractivity contribution in [1.82, 2.24) is 15.1 Å². The second-order valence-corrected chi connectivity index (χ2v) is 7.90. The molecule has 2 heterocycles. The van der Waals surface area contributed by atoms with Crippen LogP contribution in [0.4, 0.5) is 0 Å². The van der Waals surface area contributed by atoms with E-state index in [0.29, 0.717) is 0 Å². The average molecular weight is 394 g/mol. The van der Waals surface area contributed by atoms with Gasteiger partial charge in [-0.2, -0.15) is 0 Å². The Morgan fingerprint density at radius 1 is 1.07 bits per heavy atom. The first-order valence-corrected chi connectivity index (χ1v) is 10.7. The topological polar surface area (TPSA) is 44.8 Å². The van der Waals surface area contributed by atoms with E-state index < -0.39 is 0 Å². The van der Waals surface area contributed by atoms with Gasteiger partial charge in [-0.15, -0.1) is 0 Å². The van der Waals surface area contributed by atoms with Crippen LogP contribution in [-0.4, -0.2) is 61.6 Å². The molecule has 0 spiro atoms. The van der Waals surface area contributed by atoms with Crippen LogP contribution in [0.5, 0.6) is 0 Å². The van der Waals surface area contributed by atoms with Gasteiger partial charge in [-0.1, -0.05) is 43.3 Å². The Kier molecular flexibility index (Phi) is 6.60. The lowest BCUT2D eigenvalue weighted by molar-refractivity contribution is 0.0341. The molecule has 2 aliphatic rings. The molecule has 29 heavy (non-hydrogen) atoms. The van der Waals surface area contributed by atoms with E-state index in [1.54, 1.807) is 0 Å². The summed E-state index contributed by atoms with van der Waals surface area (Å²) in [6.45, 7) is 8.87. The van der Waals surface area contributed by atoms with E-state index in [2.05, 4.69) is 53.5 Å². The van der Waals surface area contributed by atoms with Crippen molar-refractivity contribution in [2.75, 3.05) is 45.9 Å². The SMILES string of the molecule is CCc1ccc(C2CNCCN2C(=O)c2cccc(CN3CCOCC3)c2)cc1. The third-order valence-corrected chi connectivity index (χ3v) is 5.96. The van der Waals surface area contributed by atoms with Crippen LogP contribution in [0.25, 0.3) is 0 Å². The van der Waals surface area contributed by atoms with Gasteiger partial charge in [-0.25, -0.2) is 0 Å². The van der Waals surface area contributed by atoms with Crippen molar-refractivity contribution in [3.05, 3.63) is 70.8 Å². The molecule has 2 aromatic carbocycles. The summed E-state index contributed by atoms with van der Waals surface area (Å²) in [4.78, 5) is 17.8. The quantitative estimate of drug-likeness (QED) is 0.849. The van der Waals surface area contributed by atoms with Crippen LogP contribution >= 0.6 is 0 Å². The van der Waals surface area contributed by atoms with Crippen molar-refractivity contribution in [3.63, 3.8) is 0 Å². The maximum Gasteiger partial charge on any atom is 0.254 e. The molecule has 5 heteroatoms. The molecular formula is C24H31N3O2. The van der Waals surface area contributed by atoms with Crippen LogP contribution in [-0.2, 0) is 17.7 Å². The minimum absolute atomic E-state index is 0.0741. The highest BCUT2D eigenvalue weighted by Crippen LogP contribution is 2.25. The van der Waals surface area contributed by atoms with Gasteiger partial charge >= 0.3 is 0 Å². The lowest BCUT2D eigenvalue weighted by Crippen LogP contribution is -2.48. The van der Waals surface area contributed by atoms with Crippen molar-refractivity contribution in [2.24, 2.45) is 0 Å². The van der Waals surface area contributed by atoms with Crippen LogP contribution in [0.15, 0.2) is 48.5 Å². The van der Waals surface area contributed by atoms with Crippen LogP contribution < -0.4 is 5.32 Å². The molecule has 154 valence electrons. The second-order valence-electron chi connectivity index (χ2n) is 7.90. The van der Waals surface area contributed by atoms with Gasteiger partial charge < -0.3 is 15.0 Å². The van der Waals surface area contributed by atoms with Gasteiger partial charge in [0.1, 0.15) is 0 Å². The van der Waals surface area contributed by atoms with Gasteiger partial charge in [0.25, 0.3) is 5.91 Å². The smallest absolute Gasteiger partial charge is 0.254 e. The summed E-state index contributed by atoms with van der Waals surface area (Å²) in [6, 6.07) is 16.9. The highest BCUT2D eigenvalue weighted by molar-refractivity contribution is 5.94. The van der Waals surface area contributed by atoms with Crippen molar-refractivity contribution in [1.29, 1.82) is 0 Å². The minimum Gasteiger partial charge on any atom is -0.379 e. The van der Waals surface area contributed by atoms with Crippen molar-refractivity contribution >= 4 is 5.91 Å². The first-order valence-electron chi connectivity index (χ1n) is 10.7. The number of ether oxygens (including phenoxy) is 1. The van der Waals surface area contributed by atoms with Crippen molar-refractivity contribution < 1.29 is 9.53 Å². The monoisotopic (exact) mass is 393 g/mol. The lowest BCUT2D eigenvalue weighted by Gasteiger charge is -2.37. The Balaban J connectivity index is 1.51. The van der Waals surface area contributed by atoms with E-state index in [1.807, 2.05) is 17.0 Å². The lowest BCUT2D eigenvalue weighted by atomic mass is 9.99. The number of aryl methyl sites for hydroxylation is 1. The number of amides is 1. The standard InChI is InChI=1S/C24H31N3O2/c1-2-19-6-8-21(9-7-19)23-17-25-10-11-27(23)24(28)22-5-3-4-20(16-22)18-26-12-14-29-15-13-26/h3-9,16,23,25H,2,10-15,17-18H2,1H3. The number of piperazine rings is 1. The molecule has 2 saturated heterocycles. The van der Waals surface area contributed by atoms with Gasteiger partial charge in [0.15, 0.2) is 0 Å². The Bertz CT molecular complexity index is 815. The number of morpholine rings is 1. The van der Waals surface area contributed by atoms with Crippen LogP contribution in [0.2, 0.25) is 0 Å². The fraction of sp³-hybridized carbons (Fsp3) is 0.458. The Morgan fingerprint density at radius 3 is 2.62 bits per heavy atom. The summed E-state index contributed by atoms with van der Waals surface area (Å²) in [6.07, 6.45) is 1.03. The number of nitrogens with zero attached hydrogens (tertiary/aromatic N) is 2. The van der Waals surface area contributed by atoms with Gasteiger partial charge in [-0.05, 0) is 35.2 Å². The summed E-state index contributed by atoms with van der Waals surface area (Å²) >= 11 is 0. The number of carbonyl (C=O) groups excluding carboxylic acids is 1. The predicted octanol–water partition coefficient (Wildman–Crippen LogP) is 2.87. The third kappa shape index (κ3) is 4.86. The fourth-order valence-corrected chi connectivity index (χ4v) is 4.21. The van der Waals surface area contributed by atoms with Crippen molar-refractivity contribution in [3.8, 4) is 0 Å². The normalized spacial score (nSPS) is 20.6. The van der Waals surface area contributed by atoms with Crippen LogP contribution in [0.3, 0.4) is 0 Å². The van der Waals surface area contributed by atoms with E-state index in [4.69, 9.17) is 4.74 Å². The molecule has 2 fully saturated rings. The molecule has 0 aliphatic carbocycles. The molecule has 0 saturated carbocycles. The molecule has 0 radical (unpaired) electrons. The maximum absolute atomic E-state index is 13.4. The minimum atomic E-state index is 0.0741. The number of nitrogens with one attached hydrogen (secondary N) is 1. The number of benzene rings is 2. The largest absolute Gasteiger partial charge is 0.379 e. The third-order valence-electron chi connectivity index (χ3n) is 5.96. The highest BCUT2D eigenvalue weighted by atomic mass is 16.5. The first-order chi connectivity index (χ1) is 14.2. The Hall–Kier alpha value is -2.21. The number of carbonyl (C=O) groups is 1. The zero-order valence-corrected chi connectivity index (χ0v) is 17.3. The van der Waals surface area contributed by atoms with E-state index in [-0.39, 0.29) is 11.9 Å². The Morgan fingerprint density at radius 2 is 1.86 bits per heavy atom. The van der Waals surface area contributed by atoms with Crippen molar-refractivity contribution in [2.45, 2.75) is 25.9 Å². The summed E-state index contributed by atoms with van der Waals surface area (Å²) < 4.78 is 5.44. The molecular weight excluding hydrogens is 362 g/mol. The van der Waals surface area contributed by atoms with Gasteiger partial charge in [0.05, 0.1) is 19.3 Å². The molecule has 2 aromatic rings. The van der Waals surface area contributed by atoms with E-state index in [0.717, 1.165) is 64.5 Å². The van der Waals surface area contributed by atoms with Gasteiger partial charge in [0, 0.05) is 44.8 Å². The fourth-order valence-electron chi connectivity index (χ4n) is 4.21. The van der Waals surface area contributed by atoms with Gasteiger partial charge in [0.2, 0.25) is 0 Å². The highest BCUT2D eigenvalue weighted by Gasteiger charge is 2.28. The predicted molar refractivity (Wildman–Crippen MR) is 115 cm³/mol. The van der Waals surface area contributed by atoms with Gasteiger partial charge in [-0.3, -0.25) is 9.69 Å².